The van der Waals surface area contributed by atoms with Crippen molar-refractivity contribution < 1.29 is 4.74 Å². The van der Waals surface area contributed by atoms with Crippen molar-refractivity contribution in [1.29, 1.82) is 5.53 Å². The molecule has 5 nitrogen and oxygen atoms in total. The first-order valence-corrected chi connectivity index (χ1v) is 5.82. The SMILES string of the molecule is CCN(CC)CCOc1ccc(N=[N+]=N)cc1. The quantitative estimate of drug-likeness (QED) is 0.583. The molecule has 17 heavy (non-hydrogen) atoms. The van der Waals surface area contributed by atoms with Gasteiger partial charge in [0.2, 0.25) is 4.91 Å². The van der Waals surface area contributed by atoms with E-state index < -0.39 is 0 Å². The lowest BCUT2D eigenvalue weighted by Gasteiger charge is -2.17. The molecule has 0 amide bonds. The molecule has 1 aromatic rings. The summed E-state index contributed by atoms with van der Waals surface area (Å²) < 4.78 is 5.61. The molecule has 1 aromatic carbocycles. The third kappa shape index (κ3) is 4.76. The van der Waals surface area contributed by atoms with Crippen molar-refractivity contribution in [3.63, 3.8) is 0 Å². The molecular weight excluding hydrogens is 216 g/mol. The molecule has 0 saturated heterocycles. The van der Waals surface area contributed by atoms with E-state index in [-0.39, 0.29) is 0 Å². The van der Waals surface area contributed by atoms with Gasteiger partial charge < -0.3 is 9.64 Å². The molecule has 1 N–H and O–H groups in total. The van der Waals surface area contributed by atoms with Crippen molar-refractivity contribution in [2.24, 2.45) is 5.11 Å². The van der Waals surface area contributed by atoms with Gasteiger partial charge in [-0.1, -0.05) is 13.8 Å². The van der Waals surface area contributed by atoms with Crippen LogP contribution in [0.2, 0.25) is 0 Å². The van der Waals surface area contributed by atoms with Gasteiger partial charge in [-0.15, -0.1) is 0 Å². The summed E-state index contributed by atoms with van der Waals surface area (Å²) in [5.41, 5.74) is 7.28. The minimum atomic E-state index is 0.663. The van der Waals surface area contributed by atoms with Crippen molar-refractivity contribution in [2.75, 3.05) is 26.2 Å². The smallest absolute Gasteiger partial charge is 0.220 e. The number of ether oxygens (including phenoxy) is 1. The van der Waals surface area contributed by atoms with E-state index in [2.05, 4.69) is 28.8 Å². The highest BCUT2D eigenvalue weighted by Crippen LogP contribution is 2.17. The summed E-state index contributed by atoms with van der Waals surface area (Å²) >= 11 is 0. The molecule has 92 valence electrons. The van der Waals surface area contributed by atoms with Crippen LogP contribution in [0.5, 0.6) is 5.75 Å². The molecule has 0 heterocycles. The number of nitrogens with zero attached hydrogens (tertiary/aromatic N) is 3. The summed E-state index contributed by atoms with van der Waals surface area (Å²) in [5, 5.41) is 3.61. The van der Waals surface area contributed by atoms with E-state index in [1.807, 2.05) is 12.1 Å². The lowest BCUT2D eigenvalue weighted by molar-refractivity contribution is 0.223. The standard InChI is InChI=1S/C12H19N4O/c1-3-16(4-2)9-10-17-12-7-5-11(6-8-12)14-15-13/h5-8,13H,3-4,9-10H2,1-2H3/q+1. The molecule has 0 spiro atoms. The predicted octanol–water partition coefficient (Wildman–Crippen LogP) is 2.59. The Balaban J connectivity index is 2.39. The summed E-state index contributed by atoms with van der Waals surface area (Å²) in [6.07, 6.45) is 0. The van der Waals surface area contributed by atoms with Gasteiger partial charge in [0.25, 0.3) is 0 Å². The molecular formula is C12H19N4O+. The number of nitrogens with one attached hydrogen (secondary N) is 1. The highest BCUT2D eigenvalue weighted by molar-refractivity contribution is 5.40. The minimum absolute atomic E-state index is 0.663. The molecule has 0 aliphatic carbocycles. The molecule has 0 fully saturated rings. The summed E-state index contributed by atoms with van der Waals surface area (Å²) in [6.45, 7) is 7.99. The summed E-state index contributed by atoms with van der Waals surface area (Å²) in [5.74, 6) is 0.820. The van der Waals surface area contributed by atoms with Crippen LogP contribution in [0.1, 0.15) is 13.8 Å². The fourth-order valence-corrected chi connectivity index (χ4v) is 1.50. The van der Waals surface area contributed by atoms with Crippen LogP contribution in [-0.4, -0.2) is 31.1 Å². The third-order valence-electron chi connectivity index (χ3n) is 2.57. The van der Waals surface area contributed by atoms with E-state index in [0.29, 0.717) is 12.3 Å². The monoisotopic (exact) mass is 235 g/mol. The van der Waals surface area contributed by atoms with Gasteiger partial charge in [0.1, 0.15) is 17.9 Å². The molecule has 0 bridgehead atoms. The molecule has 0 aliphatic heterocycles. The number of hydrogen-bond acceptors (Lipinski definition) is 4. The van der Waals surface area contributed by atoms with Gasteiger partial charge in [0.15, 0.2) is 10.8 Å². The van der Waals surface area contributed by atoms with Crippen molar-refractivity contribution in [1.82, 2.24) is 9.81 Å². The van der Waals surface area contributed by atoms with E-state index in [1.54, 1.807) is 12.1 Å². The zero-order valence-electron chi connectivity index (χ0n) is 10.4. The molecule has 5 heteroatoms. The molecule has 0 saturated carbocycles. The van der Waals surface area contributed by atoms with Crippen LogP contribution in [0, 0.1) is 5.53 Å². The Kier molecular flexibility index (Phi) is 5.93. The van der Waals surface area contributed by atoms with E-state index in [0.717, 1.165) is 25.4 Å². The number of likely N-dealkylation sites (N-methyl/N-ethyl adjacent to an activating group) is 1. The summed E-state index contributed by atoms with van der Waals surface area (Å²) in [6, 6.07) is 7.24. The van der Waals surface area contributed by atoms with Gasteiger partial charge in [-0.3, -0.25) is 0 Å². The van der Waals surface area contributed by atoms with Crippen molar-refractivity contribution in [3.8, 4) is 5.75 Å². The first kappa shape index (κ1) is 13.4. The maximum Gasteiger partial charge on any atom is 0.220 e. The first-order chi connectivity index (χ1) is 8.30. The Morgan fingerprint density at radius 2 is 1.88 bits per heavy atom. The van der Waals surface area contributed by atoms with Gasteiger partial charge in [-0.05, 0) is 37.4 Å². The Labute approximate surface area is 102 Å². The summed E-state index contributed by atoms with van der Waals surface area (Å²) in [4.78, 5) is 5.28. The lowest BCUT2D eigenvalue weighted by atomic mass is 10.3. The molecule has 0 unspecified atom stereocenters. The third-order valence-corrected chi connectivity index (χ3v) is 2.57. The predicted molar refractivity (Wildman–Crippen MR) is 66.7 cm³/mol. The second kappa shape index (κ2) is 7.54. The maximum atomic E-state index is 6.62. The second-order valence-corrected chi connectivity index (χ2v) is 3.57. The normalized spacial score (nSPS) is 10.1. The summed E-state index contributed by atoms with van der Waals surface area (Å²) in [7, 11) is 0. The highest BCUT2D eigenvalue weighted by Gasteiger charge is 2.00. The van der Waals surface area contributed by atoms with E-state index in [1.165, 1.54) is 0 Å². The number of hydrogen-bond donors (Lipinski definition) is 1. The van der Waals surface area contributed by atoms with Gasteiger partial charge in [-0.25, -0.2) is 0 Å². The van der Waals surface area contributed by atoms with Gasteiger partial charge in [-0.2, -0.15) is 0 Å². The fraction of sp³-hybridized carbons (Fsp3) is 0.500. The second-order valence-electron chi connectivity index (χ2n) is 3.57. The van der Waals surface area contributed by atoms with E-state index in [4.69, 9.17) is 10.3 Å². The highest BCUT2D eigenvalue weighted by atomic mass is 16.5. The molecule has 1 rings (SSSR count). The van der Waals surface area contributed by atoms with Gasteiger partial charge in [0.05, 0.1) is 0 Å². The van der Waals surface area contributed by atoms with Crippen LogP contribution in [0.15, 0.2) is 29.4 Å². The zero-order valence-corrected chi connectivity index (χ0v) is 10.4. The van der Waals surface area contributed by atoms with Gasteiger partial charge >= 0.3 is 0 Å². The average Bonchev–Trinajstić information content (AvgIpc) is 2.37. The maximum absolute atomic E-state index is 6.62. The van der Waals surface area contributed by atoms with Crippen LogP contribution < -0.4 is 9.65 Å². The van der Waals surface area contributed by atoms with Crippen LogP contribution in [0.4, 0.5) is 5.69 Å². The van der Waals surface area contributed by atoms with Gasteiger partial charge in [0, 0.05) is 6.54 Å². The first-order valence-electron chi connectivity index (χ1n) is 5.82. The number of benzene rings is 1. The molecule has 0 radical (unpaired) electrons. The Morgan fingerprint density at radius 1 is 1.24 bits per heavy atom. The molecule has 0 atom stereocenters. The molecule has 0 aliphatic rings. The Morgan fingerprint density at radius 3 is 2.41 bits per heavy atom. The van der Waals surface area contributed by atoms with E-state index in [9.17, 15) is 0 Å². The topological polar surface area (TPSA) is 62.8 Å². The molecule has 0 aromatic heterocycles. The zero-order chi connectivity index (χ0) is 12.5. The Hall–Kier alpha value is -1.71. The van der Waals surface area contributed by atoms with Crippen LogP contribution in [0.25, 0.3) is 0 Å². The van der Waals surface area contributed by atoms with E-state index >= 15 is 0 Å². The Bertz CT molecular complexity index is 367. The largest absolute Gasteiger partial charge is 0.492 e. The number of rotatable bonds is 7. The van der Waals surface area contributed by atoms with Crippen LogP contribution in [-0.2, 0) is 0 Å². The van der Waals surface area contributed by atoms with Crippen molar-refractivity contribution >= 4 is 5.69 Å². The fourth-order valence-electron chi connectivity index (χ4n) is 1.50. The van der Waals surface area contributed by atoms with Crippen LogP contribution in [0.3, 0.4) is 0 Å². The average molecular weight is 235 g/mol. The minimum Gasteiger partial charge on any atom is -0.492 e. The van der Waals surface area contributed by atoms with Crippen LogP contribution >= 0.6 is 0 Å². The van der Waals surface area contributed by atoms with Crippen molar-refractivity contribution in [3.05, 3.63) is 24.3 Å². The lowest BCUT2D eigenvalue weighted by Crippen LogP contribution is -2.27. The van der Waals surface area contributed by atoms with Crippen molar-refractivity contribution in [2.45, 2.75) is 13.8 Å².